The van der Waals surface area contributed by atoms with Crippen LogP contribution < -0.4 is 26.6 Å². The summed E-state index contributed by atoms with van der Waals surface area (Å²) in [4.78, 5) is 126. The van der Waals surface area contributed by atoms with Crippen molar-refractivity contribution in [1.29, 1.82) is 0 Å². The number of imide groups is 1. The number of nitrogens with zero attached hydrogens (tertiary/aromatic N) is 3. The molecule has 1 atom stereocenters. The van der Waals surface area contributed by atoms with Crippen LogP contribution in [0.3, 0.4) is 0 Å². The molecule has 0 fully saturated rings. The molecule has 1 heterocycles. The summed E-state index contributed by atoms with van der Waals surface area (Å²) in [5, 5.41) is 12.6. The second kappa shape index (κ2) is 26.3. The van der Waals surface area contributed by atoms with Crippen LogP contribution in [0.1, 0.15) is 50.7 Å². The summed E-state index contributed by atoms with van der Waals surface area (Å²) < 4.78 is 10.3. The number of amides is 9. The van der Waals surface area contributed by atoms with E-state index in [2.05, 4.69) is 26.6 Å². The largest absolute Gasteiger partial charge is 0.445 e. The summed E-state index contributed by atoms with van der Waals surface area (Å²) in [5.41, 5.74) is 1.74. The lowest BCUT2D eigenvalue weighted by atomic mass is 10.1. The van der Waals surface area contributed by atoms with Gasteiger partial charge in [-0.05, 0) is 36.1 Å². The van der Waals surface area contributed by atoms with E-state index in [0.717, 1.165) is 10.5 Å². The van der Waals surface area contributed by atoms with Gasteiger partial charge < -0.3 is 45.9 Å². The number of benzene rings is 2. The number of hydrogen-bond acceptors (Lipinski definition) is 12. The maximum absolute atomic E-state index is 13.2. The van der Waals surface area contributed by atoms with Crippen molar-refractivity contribution in [2.45, 2.75) is 58.6 Å². The minimum absolute atomic E-state index is 0.0759. The predicted molar refractivity (Wildman–Crippen MR) is 227 cm³/mol. The van der Waals surface area contributed by atoms with Crippen LogP contribution in [-0.2, 0) is 60.9 Å². The quantitative estimate of drug-likeness (QED) is 0.0693. The highest BCUT2D eigenvalue weighted by Gasteiger charge is 2.24. The zero-order valence-electron chi connectivity index (χ0n) is 35.9. The third-order valence-electron chi connectivity index (χ3n) is 9.41. The number of unbranched alkanes of at least 4 members (excludes halogenated alkanes) is 2. The molecule has 9 amide bonds. The van der Waals surface area contributed by atoms with Gasteiger partial charge in [-0.25, -0.2) is 9.59 Å². The molecular weight excluding hydrogens is 821 g/mol. The molecule has 3 rings (SSSR count). The first-order valence-electron chi connectivity index (χ1n) is 20.4. The number of carbonyl (C=O) groups excluding carboxylic acids is 10. The highest BCUT2D eigenvalue weighted by atomic mass is 16.6. The molecule has 0 saturated carbocycles. The van der Waals surface area contributed by atoms with E-state index in [-0.39, 0.29) is 81.7 Å². The Labute approximate surface area is 365 Å². The van der Waals surface area contributed by atoms with E-state index >= 15 is 0 Å². The van der Waals surface area contributed by atoms with Crippen LogP contribution >= 0.6 is 0 Å². The lowest BCUT2D eigenvalue weighted by molar-refractivity contribution is -0.137. The Morgan fingerprint density at radius 2 is 1.24 bits per heavy atom. The van der Waals surface area contributed by atoms with Crippen LogP contribution in [0, 0.1) is 5.92 Å². The molecule has 1 aliphatic rings. The van der Waals surface area contributed by atoms with Crippen molar-refractivity contribution in [2.24, 2.45) is 5.92 Å². The number of carbonyl (C=O) groups is 10. The Balaban J connectivity index is 1.36. The minimum Gasteiger partial charge on any atom is -0.445 e. The first-order valence-corrected chi connectivity index (χ1v) is 20.4. The van der Waals surface area contributed by atoms with E-state index in [1.807, 2.05) is 0 Å². The third kappa shape index (κ3) is 19.0. The number of hydrogen-bond donors (Lipinski definition) is 5. The van der Waals surface area contributed by atoms with Gasteiger partial charge in [-0.15, -0.1) is 0 Å². The van der Waals surface area contributed by atoms with Gasteiger partial charge in [-0.1, -0.05) is 62.7 Å². The lowest BCUT2D eigenvalue weighted by Gasteiger charge is -2.21. The molecule has 0 radical (unpaired) electrons. The summed E-state index contributed by atoms with van der Waals surface area (Å²) in [6.07, 6.45) is 2.91. The summed E-state index contributed by atoms with van der Waals surface area (Å²) in [5.74, 6) is -4.09. The number of anilines is 1. The van der Waals surface area contributed by atoms with Crippen LogP contribution in [0.5, 0.6) is 0 Å². The minimum atomic E-state index is -1.10. The maximum Gasteiger partial charge on any atom is 0.409 e. The number of Topliss-reactive ketones (excluding diaryl/α,β-unsaturated/α-hetero) is 1. The zero-order valence-corrected chi connectivity index (χ0v) is 35.9. The molecular formula is C43H56N8O12. The van der Waals surface area contributed by atoms with Crippen LogP contribution in [0.25, 0.3) is 0 Å². The summed E-state index contributed by atoms with van der Waals surface area (Å²) in [6.45, 7) is 2.26. The predicted octanol–water partition coefficient (Wildman–Crippen LogP) is 1.05. The number of ether oxygens (including phenoxy) is 2. The molecule has 20 heteroatoms. The van der Waals surface area contributed by atoms with Gasteiger partial charge in [0.1, 0.15) is 12.6 Å². The molecule has 0 saturated heterocycles. The highest BCUT2D eigenvalue weighted by Crippen LogP contribution is 2.12. The van der Waals surface area contributed by atoms with Gasteiger partial charge in [0.2, 0.25) is 29.5 Å². The van der Waals surface area contributed by atoms with Crippen LogP contribution in [0.2, 0.25) is 0 Å². The average Bonchev–Trinajstić information content (AvgIpc) is 3.59. The van der Waals surface area contributed by atoms with Crippen molar-refractivity contribution in [3.63, 3.8) is 0 Å². The van der Waals surface area contributed by atoms with Crippen molar-refractivity contribution in [3.8, 4) is 0 Å². The fraction of sp³-hybridized carbons (Fsp3) is 0.442. The number of likely N-dealkylation sites (N-methyl/N-ethyl adjacent to an activating group) is 2. The molecule has 0 aliphatic carbocycles. The van der Waals surface area contributed by atoms with Crippen molar-refractivity contribution in [2.75, 3.05) is 65.3 Å². The van der Waals surface area contributed by atoms with Gasteiger partial charge in [0.15, 0.2) is 12.4 Å². The Bertz CT molecular complexity index is 1960. The second-order valence-electron chi connectivity index (χ2n) is 14.9. The Morgan fingerprint density at radius 1 is 0.651 bits per heavy atom. The number of rotatable bonds is 25. The molecule has 340 valence electrons. The standard InChI is InChI=1S/C43H56N8O12/c1-29(2)34(52)28-63-43(61)50(4)22-21-49(3)42(60)62-27-31-14-16-32(17-15-31)47-37(55)26-46-41(59)33(23-30-11-7-5-8-12-30)48-38(56)25-45-36(54)24-44-35(53)13-9-6-10-20-51-39(57)18-19-40(51)58/h5,7-8,11-12,14-19,29,33H,6,9-10,13,20-28H2,1-4H3,(H,44,53)(H,45,54)(H,46,59)(H,47,55)(H,48,56)/t33-/m0/s1. The van der Waals surface area contributed by atoms with Crippen molar-refractivity contribution >= 4 is 65.0 Å². The Kier molecular flexibility index (Phi) is 20.9. The molecule has 0 bridgehead atoms. The molecule has 0 aromatic heterocycles. The van der Waals surface area contributed by atoms with E-state index in [0.29, 0.717) is 30.5 Å². The summed E-state index contributed by atoms with van der Waals surface area (Å²) in [7, 11) is 2.99. The fourth-order valence-corrected chi connectivity index (χ4v) is 5.52. The first kappa shape index (κ1) is 50.2. The normalized spacial score (nSPS) is 12.2. The van der Waals surface area contributed by atoms with E-state index in [9.17, 15) is 47.9 Å². The summed E-state index contributed by atoms with van der Waals surface area (Å²) >= 11 is 0. The van der Waals surface area contributed by atoms with E-state index < -0.39 is 54.9 Å². The van der Waals surface area contributed by atoms with Crippen molar-refractivity contribution in [3.05, 3.63) is 77.9 Å². The molecule has 2 aromatic rings. The van der Waals surface area contributed by atoms with Gasteiger partial charge in [0, 0.05) is 70.3 Å². The van der Waals surface area contributed by atoms with Crippen LogP contribution in [0.4, 0.5) is 15.3 Å². The Hall–Kier alpha value is -7.12. The van der Waals surface area contributed by atoms with Crippen LogP contribution in [-0.4, -0.2) is 140 Å². The molecule has 1 aliphatic heterocycles. The average molecular weight is 877 g/mol. The lowest BCUT2D eigenvalue weighted by Crippen LogP contribution is -2.52. The molecule has 2 aromatic carbocycles. The van der Waals surface area contributed by atoms with E-state index in [1.165, 1.54) is 36.0 Å². The van der Waals surface area contributed by atoms with E-state index in [4.69, 9.17) is 9.47 Å². The van der Waals surface area contributed by atoms with Crippen LogP contribution in [0.15, 0.2) is 66.7 Å². The van der Waals surface area contributed by atoms with Crippen molar-refractivity contribution in [1.82, 2.24) is 36.0 Å². The zero-order chi connectivity index (χ0) is 46.3. The maximum atomic E-state index is 13.2. The number of ketones is 1. The van der Waals surface area contributed by atoms with Gasteiger partial charge >= 0.3 is 12.2 Å². The number of nitrogens with one attached hydrogen (secondary N) is 5. The highest BCUT2D eigenvalue weighted by molar-refractivity contribution is 6.12. The van der Waals surface area contributed by atoms with Gasteiger partial charge in [-0.3, -0.25) is 43.3 Å². The molecule has 63 heavy (non-hydrogen) atoms. The fourth-order valence-electron chi connectivity index (χ4n) is 5.52. The third-order valence-corrected chi connectivity index (χ3v) is 9.41. The molecule has 0 spiro atoms. The van der Waals surface area contributed by atoms with Gasteiger partial charge in [0.25, 0.3) is 11.8 Å². The SMILES string of the molecule is CC(C)C(=O)COC(=O)N(C)CCN(C)C(=O)OCc1ccc(NC(=O)CNC(=O)[C@H](Cc2ccccc2)NC(=O)CNC(=O)CNC(=O)CCCCCN2C(=O)C=CC2=O)cc1. The van der Waals surface area contributed by atoms with E-state index in [1.54, 1.807) is 68.4 Å². The van der Waals surface area contributed by atoms with Gasteiger partial charge in [-0.2, -0.15) is 0 Å². The monoisotopic (exact) mass is 876 g/mol. The molecule has 20 nitrogen and oxygen atoms in total. The smallest absolute Gasteiger partial charge is 0.409 e. The van der Waals surface area contributed by atoms with Crippen molar-refractivity contribution < 1.29 is 57.4 Å². The molecule has 5 N–H and O–H groups in total. The molecule has 0 unspecified atom stereocenters. The van der Waals surface area contributed by atoms with Gasteiger partial charge in [0.05, 0.1) is 19.6 Å². The Morgan fingerprint density at radius 3 is 1.87 bits per heavy atom. The first-order chi connectivity index (χ1) is 30.0. The second-order valence-corrected chi connectivity index (χ2v) is 14.9. The topological polar surface area (TPSA) is 259 Å². The summed E-state index contributed by atoms with van der Waals surface area (Å²) in [6, 6.07) is 14.2.